The molecule has 0 aliphatic rings. The Hall–Kier alpha value is -7.68. The summed E-state index contributed by atoms with van der Waals surface area (Å²) in [6, 6.07) is 76.1. The second kappa shape index (κ2) is 15.1. The quantitative estimate of drug-likeness (QED) is 0.112. The van der Waals surface area contributed by atoms with Gasteiger partial charge in [0.05, 0.1) is 0 Å². The molecule has 62 heavy (non-hydrogen) atoms. The number of hydrogen-bond donors (Lipinski definition) is 0. The zero-order valence-corrected chi connectivity index (χ0v) is 35.5. The van der Waals surface area contributed by atoms with Crippen molar-refractivity contribution in [2.24, 2.45) is 0 Å². The number of anilines is 6. The first kappa shape index (κ1) is 37.3. The van der Waals surface area contributed by atoms with E-state index in [4.69, 9.17) is 0 Å². The van der Waals surface area contributed by atoms with Crippen LogP contribution in [-0.2, 0) is 0 Å². The molecule has 0 bridgehead atoms. The van der Waals surface area contributed by atoms with Crippen LogP contribution in [0.15, 0.2) is 206 Å². The molecule has 0 radical (unpaired) electrons. The molecule has 0 unspecified atom stereocenters. The highest BCUT2D eigenvalue weighted by atomic mass is 15.1. The predicted octanol–water partition coefficient (Wildman–Crippen LogP) is 17.2. The molecule has 0 amide bonds. The van der Waals surface area contributed by atoms with Crippen molar-refractivity contribution in [1.82, 2.24) is 0 Å². The van der Waals surface area contributed by atoms with Gasteiger partial charge in [0, 0.05) is 34.1 Å². The highest BCUT2D eigenvalue weighted by Gasteiger charge is 2.18. The molecule has 0 aliphatic carbocycles. The van der Waals surface area contributed by atoms with E-state index in [0.717, 1.165) is 34.1 Å². The fraction of sp³-hybridized carbons (Fsp3) is 0.0667. The van der Waals surface area contributed by atoms with Crippen molar-refractivity contribution in [1.29, 1.82) is 0 Å². The molecule has 0 aliphatic heterocycles. The van der Waals surface area contributed by atoms with Crippen LogP contribution in [0.3, 0.4) is 0 Å². The van der Waals surface area contributed by atoms with Gasteiger partial charge in [-0.3, -0.25) is 0 Å². The topological polar surface area (TPSA) is 6.48 Å². The summed E-state index contributed by atoms with van der Waals surface area (Å²) < 4.78 is 0. The SMILES string of the molecule is Cc1ccc(N(c2ccc(-c3ccc(N(c4ccc(-c5ccc6c7ccc(C)c8cccc(c9cccc5c96)c87)cc4)c4cccc(C)c4)cc3)cc2)c2cccc(C)c2)cc1. The van der Waals surface area contributed by atoms with Gasteiger partial charge in [-0.15, -0.1) is 0 Å². The molecule has 0 heterocycles. The highest BCUT2D eigenvalue weighted by molar-refractivity contribution is 6.34. The van der Waals surface area contributed by atoms with Crippen LogP contribution in [0.5, 0.6) is 0 Å². The number of aryl methyl sites for hydroxylation is 4. The molecule has 0 fully saturated rings. The third-order valence-corrected chi connectivity index (χ3v) is 12.7. The maximum absolute atomic E-state index is 2.36. The molecule has 11 aromatic rings. The fourth-order valence-electron chi connectivity index (χ4n) is 9.63. The Balaban J connectivity index is 0.936. The van der Waals surface area contributed by atoms with Gasteiger partial charge in [0.1, 0.15) is 0 Å². The maximum Gasteiger partial charge on any atom is 0.0464 e. The number of fused-ring (bicyclic) bond motifs is 2. The summed E-state index contributed by atoms with van der Waals surface area (Å²) in [5.41, 5.74) is 16.6. The minimum Gasteiger partial charge on any atom is -0.310 e. The van der Waals surface area contributed by atoms with Crippen molar-refractivity contribution in [3.05, 3.63) is 229 Å². The first-order chi connectivity index (χ1) is 30.4. The molecule has 2 heteroatoms. The monoisotopic (exact) mass is 794 g/mol. The summed E-state index contributed by atoms with van der Waals surface area (Å²) in [6.45, 7) is 8.66. The van der Waals surface area contributed by atoms with Crippen LogP contribution in [0.1, 0.15) is 22.3 Å². The Morgan fingerprint density at radius 1 is 0.258 bits per heavy atom. The van der Waals surface area contributed by atoms with Crippen molar-refractivity contribution >= 4 is 77.2 Å². The molecule has 0 saturated heterocycles. The first-order valence-electron chi connectivity index (χ1n) is 21.6. The van der Waals surface area contributed by atoms with Gasteiger partial charge in [0.2, 0.25) is 0 Å². The lowest BCUT2D eigenvalue weighted by molar-refractivity contribution is 1.26. The first-order valence-corrected chi connectivity index (χ1v) is 21.6. The van der Waals surface area contributed by atoms with E-state index < -0.39 is 0 Å². The molecular weight excluding hydrogens is 749 g/mol. The summed E-state index contributed by atoms with van der Waals surface area (Å²) in [5.74, 6) is 0. The van der Waals surface area contributed by atoms with Gasteiger partial charge in [-0.2, -0.15) is 0 Å². The van der Waals surface area contributed by atoms with Crippen molar-refractivity contribution in [3.8, 4) is 22.3 Å². The zero-order valence-electron chi connectivity index (χ0n) is 35.5. The molecule has 0 saturated carbocycles. The van der Waals surface area contributed by atoms with Crippen LogP contribution < -0.4 is 9.80 Å². The molecular formula is C60H46N2. The molecule has 0 aromatic heterocycles. The Morgan fingerprint density at radius 3 is 1.15 bits per heavy atom. The van der Waals surface area contributed by atoms with Gasteiger partial charge in [-0.05, 0) is 183 Å². The number of nitrogens with zero attached hydrogens (tertiary/aromatic N) is 2. The van der Waals surface area contributed by atoms with Crippen LogP contribution in [0, 0.1) is 27.7 Å². The van der Waals surface area contributed by atoms with Crippen molar-refractivity contribution in [2.45, 2.75) is 27.7 Å². The number of rotatable bonds is 8. The van der Waals surface area contributed by atoms with E-state index >= 15 is 0 Å². The lowest BCUT2D eigenvalue weighted by Gasteiger charge is -2.27. The van der Waals surface area contributed by atoms with Gasteiger partial charge in [0.15, 0.2) is 0 Å². The minimum atomic E-state index is 1.11. The van der Waals surface area contributed by atoms with E-state index in [2.05, 4.69) is 244 Å². The van der Waals surface area contributed by atoms with Gasteiger partial charge in [-0.1, -0.05) is 139 Å². The lowest BCUT2D eigenvalue weighted by Crippen LogP contribution is -2.10. The van der Waals surface area contributed by atoms with Gasteiger partial charge < -0.3 is 9.80 Å². The van der Waals surface area contributed by atoms with Crippen LogP contribution in [0.25, 0.3) is 65.3 Å². The van der Waals surface area contributed by atoms with E-state index in [0.29, 0.717) is 0 Å². The van der Waals surface area contributed by atoms with Crippen LogP contribution >= 0.6 is 0 Å². The summed E-state index contributed by atoms with van der Waals surface area (Å²) in [7, 11) is 0. The molecule has 11 rings (SSSR count). The summed E-state index contributed by atoms with van der Waals surface area (Å²) in [5, 5.41) is 10.6. The molecule has 2 nitrogen and oxygen atoms in total. The average molecular weight is 795 g/mol. The molecule has 296 valence electrons. The summed E-state index contributed by atoms with van der Waals surface area (Å²) in [4.78, 5) is 4.69. The second-order valence-electron chi connectivity index (χ2n) is 16.9. The van der Waals surface area contributed by atoms with Crippen LogP contribution in [0.4, 0.5) is 34.1 Å². The van der Waals surface area contributed by atoms with E-state index in [1.165, 1.54) is 87.6 Å². The zero-order chi connectivity index (χ0) is 41.9. The van der Waals surface area contributed by atoms with Crippen molar-refractivity contribution in [2.75, 3.05) is 9.80 Å². The highest BCUT2D eigenvalue weighted by Crippen LogP contribution is 2.45. The standard InChI is InChI=1S/C60H46N2/c1-39-17-26-46(27-18-39)61(50-11-5-9-40(2)37-50)47-28-20-43(21-29-47)44-22-30-48(31-23-44)62(51-12-6-10-41(3)38-51)49-32-24-45(25-33-49)53-35-36-58-57-34-19-42(4)52-13-7-15-55(59(52)57)56-16-8-14-54(53)60(56)58/h5-38H,1-4H3. The Morgan fingerprint density at radius 2 is 0.645 bits per heavy atom. The van der Waals surface area contributed by atoms with Crippen LogP contribution in [0.2, 0.25) is 0 Å². The number of benzene rings is 11. The normalized spacial score (nSPS) is 11.5. The Bertz CT molecular complexity index is 3400. The van der Waals surface area contributed by atoms with Crippen LogP contribution in [-0.4, -0.2) is 0 Å². The van der Waals surface area contributed by atoms with Crippen molar-refractivity contribution in [3.63, 3.8) is 0 Å². The molecule has 0 atom stereocenters. The smallest absolute Gasteiger partial charge is 0.0464 e. The lowest BCUT2D eigenvalue weighted by atomic mass is 9.86. The van der Waals surface area contributed by atoms with Gasteiger partial charge in [-0.25, -0.2) is 0 Å². The minimum absolute atomic E-state index is 1.11. The fourth-order valence-corrected chi connectivity index (χ4v) is 9.63. The molecule has 0 N–H and O–H groups in total. The van der Waals surface area contributed by atoms with E-state index in [1.54, 1.807) is 0 Å². The van der Waals surface area contributed by atoms with Crippen molar-refractivity contribution < 1.29 is 0 Å². The summed E-state index contributed by atoms with van der Waals surface area (Å²) in [6.07, 6.45) is 0. The van der Waals surface area contributed by atoms with E-state index in [9.17, 15) is 0 Å². The van der Waals surface area contributed by atoms with E-state index in [1.807, 2.05) is 0 Å². The third-order valence-electron chi connectivity index (χ3n) is 12.7. The Labute approximate surface area is 363 Å². The second-order valence-corrected chi connectivity index (χ2v) is 16.9. The Kier molecular flexibility index (Phi) is 9.09. The van der Waals surface area contributed by atoms with Gasteiger partial charge >= 0.3 is 0 Å². The third kappa shape index (κ3) is 6.44. The molecule has 11 aromatic carbocycles. The van der Waals surface area contributed by atoms with E-state index in [-0.39, 0.29) is 0 Å². The largest absolute Gasteiger partial charge is 0.310 e. The predicted molar refractivity (Wildman–Crippen MR) is 267 cm³/mol. The van der Waals surface area contributed by atoms with Gasteiger partial charge in [0.25, 0.3) is 0 Å². The average Bonchev–Trinajstić information content (AvgIpc) is 3.30. The number of hydrogen-bond acceptors (Lipinski definition) is 2. The summed E-state index contributed by atoms with van der Waals surface area (Å²) >= 11 is 0. The maximum atomic E-state index is 2.36. The molecule has 0 spiro atoms.